The number of aromatic nitrogens is 2. The van der Waals surface area contributed by atoms with Gasteiger partial charge in [-0.3, -0.25) is 0 Å². The molecule has 0 saturated carbocycles. The molecule has 6 nitrogen and oxygen atoms in total. The molecule has 0 saturated heterocycles. The molecule has 0 bridgehead atoms. The Morgan fingerprint density at radius 2 is 1.31 bits per heavy atom. The van der Waals surface area contributed by atoms with E-state index < -0.39 is 11.9 Å². The number of carbonyl (C=O) groups is 2. The van der Waals surface area contributed by atoms with Crippen molar-refractivity contribution in [2.24, 2.45) is 0 Å². The Balaban J connectivity index is 0. The summed E-state index contributed by atoms with van der Waals surface area (Å²) in [7, 11) is 0. The van der Waals surface area contributed by atoms with Crippen LogP contribution in [0.4, 0.5) is 0 Å². The number of nitrogens with zero attached hydrogens (tertiary/aromatic N) is 2. The first-order valence-electron chi connectivity index (χ1n) is 2.41. The van der Waals surface area contributed by atoms with Gasteiger partial charge in [-0.2, -0.15) is 0 Å². The van der Waals surface area contributed by atoms with Gasteiger partial charge in [-0.1, -0.05) is 11.3 Å². The molecule has 1 aromatic heterocycles. The van der Waals surface area contributed by atoms with Crippen LogP contribution >= 0.6 is 36.2 Å². The van der Waals surface area contributed by atoms with Gasteiger partial charge < -0.3 is 10.2 Å². The lowest BCUT2D eigenvalue weighted by atomic mass is 10.7. The minimum Gasteiger partial charge on any atom is -0.476 e. The van der Waals surface area contributed by atoms with Crippen LogP contribution in [-0.4, -0.2) is 32.3 Å². The van der Waals surface area contributed by atoms with Gasteiger partial charge in [0.25, 0.3) is 0 Å². The SMILES string of the molecule is Cl.Cl.O=C(O)c1nnc(C(=O)O)s1. The molecule has 1 rings (SSSR count). The smallest absolute Gasteiger partial charge is 0.367 e. The quantitative estimate of drug-likeness (QED) is 0.800. The fourth-order valence-electron chi connectivity index (χ4n) is 0.396. The second-order valence-electron chi connectivity index (χ2n) is 1.52. The Morgan fingerprint density at radius 1 is 1.00 bits per heavy atom. The summed E-state index contributed by atoms with van der Waals surface area (Å²) in [5.74, 6) is -2.54. The molecule has 0 radical (unpaired) electrons. The Bertz CT molecular complexity index is 286. The monoisotopic (exact) mass is 246 g/mol. The first kappa shape index (κ1) is 14.6. The lowest BCUT2D eigenvalue weighted by Gasteiger charge is -1.78. The van der Waals surface area contributed by atoms with Crippen LogP contribution in [0.5, 0.6) is 0 Å². The summed E-state index contributed by atoms with van der Waals surface area (Å²) in [5.41, 5.74) is 0. The summed E-state index contributed by atoms with van der Waals surface area (Å²) in [5, 5.41) is 22.2. The van der Waals surface area contributed by atoms with Gasteiger partial charge in [0.05, 0.1) is 0 Å². The van der Waals surface area contributed by atoms with Crippen LogP contribution < -0.4 is 0 Å². The Labute approximate surface area is 88.4 Å². The standard InChI is InChI=1S/C4H2N2O4S.2ClH/c7-3(8)1-5-6-2(11-1)4(9)10;;/h(H,7,8)(H,9,10);2*1H. The number of aromatic carboxylic acids is 2. The van der Waals surface area contributed by atoms with Crippen LogP contribution in [0.1, 0.15) is 19.6 Å². The van der Waals surface area contributed by atoms with Crippen LogP contribution in [0.3, 0.4) is 0 Å². The van der Waals surface area contributed by atoms with Crippen LogP contribution in [0.25, 0.3) is 0 Å². The van der Waals surface area contributed by atoms with Crippen LogP contribution in [0.15, 0.2) is 0 Å². The average Bonchev–Trinajstić information content (AvgIpc) is 2.33. The summed E-state index contributed by atoms with van der Waals surface area (Å²) in [4.78, 5) is 20.3. The molecule has 0 atom stereocenters. The van der Waals surface area contributed by atoms with Crippen molar-refractivity contribution in [3.63, 3.8) is 0 Å². The number of hydrogen-bond acceptors (Lipinski definition) is 5. The Hall–Kier alpha value is -0.920. The van der Waals surface area contributed by atoms with Gasteiger partial charge in [0.2, 0.25) is 10.0 Å². The van der Waals surface area contributed by atoms with Crippen LogP contribution in [0.2, 0.25) is 0 Å². The predicted octanol–water partition coefficient (Wildman–Crippen LogP) is 0.778. The molecule has 0 aromatic carbocycles. The van der Waals surface area contributed by atoms with Crippen LogP contribution in [0, 0.1) is 0 Å². The van der Waals surface area contributed by atoms with E-state index >= 15 is 0 Å². The molecule has 1 aromatic rings. The number of rotatable bonds is 2. The molecule has 0 fully saturated rings. The van der Waals surface area contributed by atoms with E-state index in [1.54, 1.807) is 0 Å². The highest BCUT2D eigenvalue weighted by molar-refractivity contribution is 7.14. The van der Waals surface area contributed by atoms with Crippen molar-refractivity contribution in [3.05, 3.63) is 10.0 Å². The largest absolute Gasteiger partial charge is 0.476 e. The predicted molar refractivity (Wildman–Crippen MR) is 48.3 cm³/mol. The zero-order valence-electron chi connectivity index (χ0n) is 5.83. The number of carboxylic acids is 2. The number of hydrogen-bond donors (Lipinski definition) is 2. The second kappa shape index (κ2) is 5.68. The van der Waals surface area contributed by atoms with Gasteiger partial charge in [-0.25, -0.2) is 9.59 Å². The second-order valence-corrected chi connectivity index (χ2v) is 2.50. The first-order valence-corrected chi connectivity index (χ1v) is 3.23. The molecule has 0 amide bonds. The third-order valence-electron chi connectivity index (χ3n) is 0.791. The molecular formula is C4H4Cl2N2O4S. The lowest BCUT2D eigenvalue weighted by molar-refractivity contribution is 0.0683. The maximum Gasteiger partial charge on any atom is 0.367 e. The highest BCUT2D eigenvalue weighted by atomic mass is 35.5. The van der Waals surface area contributed by atoms with E-state index in [9.17, 15) is 9.59 Å². The van der Waals surface area contributed by atoms with E-state index in [0.29, 0.717) is 11.3 Å². The van der Waals surface area contributed by atoms with E-state index in [4.69, 9.17) is 10.2 Å². The van der Waals surface area contributed by atoms with E-state index in [1.807, 2.05) is 0 Å². The maximum atomic E-state index is 10.2. The fraction of sp³-hybridized carbons (Fsp3) is 0. The van der Waals surface area contributed by atoms with Crippen molar-refractivity contribution in [2.75, 3.05) is 0 Å². The Morgan fingerprint density at radius 3 is 1.46 bits per heavy atom. The van der Waals surface area contributed by atoms with E-state index in [1.165, 1.54) is 0 Å². The molecule has 74 valence electrons. The zero-order chi connectivity index (χ0) is 8.43. The molecule has 0 aliphatic rings. The van der Waals surface area contributed by atoms with Crippen LogP contribution in [-0.2, 0) is 0 Å². The van der Waals surface area contributed by atoms with Crippen molar-refractivity contribution in [1.82, 2.24) is 10.2 Å². The van der Waals surface area contributed by atoms with Gasteiger partial charge in [0.15, 0.2) is 0 Å². The van der Waals surface area contributed by atoms with E-state index in [-0.39, 0.29) is 34.8 Å². The third kappa shape index (κ3) is 3.53. The van der Waals surface area contributed by atoms with Crippen molar-refractivity contribution in [1.29, 1.82) is 0 Å². The van der Waals surface area contributed by atoms with Crippen molar-refractivity contribution >= 4 is 48.1 Å². The van der Waals surface area contributed by atoms with Gasteiger partial charge >= 0.3 is 11.9 Å². The van der Waals surface area contributed by atoms with Crippen molar-refractivity contribution in [3.8, 4) is 0 Å². The Kier molecular flexibility index (Phi) is 6.38. The average molecular weight is 247 g/mol. The molecule has 1 heterocycles. The van der Waals surface area contributed by atoms with Gasteiger partial charge in [-0.05, 0) is 0 Å². The summed E-state index contributed by atoms with van der Waals surface area (Å²) in [6, 6.07) is 0. The first-order chi connectivity index (χ1) is 5.11. The molecule has 9 heteroatoms. The van der Waals surface area contributed by atoms with Crippen molar-refractivity contribution < 1.29 is 19.8 Å². The fourth-order valence-corrected chi connectivity index (χ4v) is 0.917. The molecular weight excluding hydrogens is 243 g/mol. The van der Waals surface area contributed by atoms with Crippen molar-refractivity contribution in [2.45, 2.75) is 0 Å². The highest BCUT2D eigenvalue weighted by Crippen LogP contribution is 2.08. The minimum atomic E-state index is -1.27. The molecule has 13 heavy (non-hydrogen) atoms. The van der Waals surface area contributed by atoms with Gasteiger partial charge in [0, 0.05) is 0 Å². The normalized spacial score (nSPS) is 8.00. The van der Waals surface area contributed by atoms with Gasteiger partial charge in [0.1, 0.15) is 0 Å². The topological polar surface area (TPSA) is 100 Å². The summed E-state index contributed by atoms with van der Waals surface area (Å²) in [6.07, 6.45) is 0. The van der Waals surface area contributed by atoms with E-state index in [0.717, 1.165) is 0 Å². The van der Waals surface area contributed by atoms with E-state index in [2.05, 4.69) is 10.2 Å². The zero-order valence-corrected chi connectivity index (χ0v) is 8.28. The summed E-state index contributed by atoms with van der Waals surface area (Å²) < 4.78 is 0. The number of halogens is 2. The molecule has 0 spiro atoms. The summed E-state index contributed by atoms with van der Waals surface area (Å²) in [6.45, 7) is 0. The molecule has 0 aliphatic heterocycles. The maximum absolute atomic E-state index is 10.2. The molecule has 0 unspecified atom stereocenters. The minimum absolute atomic E-state index is 0. The molecule has 0 aliphatic carbocycles. The lowest BCUT2D eigenvalue weighted by Crippen LogP contribution is -1.94. The summed E-state index contributed by atoms with van der Waals surface area (Å²) >= 11 is 0.528. The van der Waals surface area contributed by atoms with Gasteiger partial charge in [-0.15, -0.1) is 35.0 Å². The third-order valence-corrected chi connectivity index (χ3v) is 1.69. The number of carboxylic acid groups (broad SMARTS) is 2. The highest BCUT2D eigenvalue weighted by Gasteiger charge is 2.14. The molecule has 2 N–H and O–H groups in total.